The first-order valence-corrected chi connectivity index (χ1v) is 10.8. The zero-order chi connectivity index (χ0) is 18.1. The molecule has 0 aliphatic carbocycles. The summed E-state index contributed by atoms with van der Waals surface area (Å²) in [6.45, 7) is 3.13. The average molecular weight is 365 g/mol. The summed E-state index contributed by atoms with van der Waals surface area (Å²) in [5.41, 5.74) is 0. The first-order valence-electron chi connectivity index (χ1n) is 9.31. The van der Waals surface area contributed by atoms with Crippen molar-refractivity contribution in [1.82, 2.24) is 5.32 Å². The second-order valence-corrected chi connectivity index (χ2v) is 7.68. The molecule has 6 nitrogen and oxygen atoms in total. The van der Waals surface area contributed by atoms with Crippen molar-refractivity contribution in [2.75, 3.05) is 20.3 Å². The molecule has 0 aliphatic heterocycles. The topological polar surface area (TPSA) is 84.9 Å². The van der Waals surface area contributed by atoms with E-state index in [9.17, 15) is 9.36 Å². The van der Waals surface area contributed by atoms with Crippen molar-refractivity contribution in [2.24, 2.45) is 0 Å². The highest BCUT2D eigenvalue weighted by Gasteiger charge is 2.17. The first kappa shape index (κ1) is 23.6. The molecule has 0 bridgehead atoms. The second kappa shape index (κ2) is 16.1. The van der Waals surface area contributed by atoms with E-state index >= 15 is 0 Å². The summed E-state index contributed by atoms with van der Waals surface area (Å²) in [5, 5.41) is 2.94. The molecule has 0 spiro atoms. The minimum Gasteiger partial charge on any atom is -0.356 e. The molecule has 0 saturated heterocycles. The van der Waals surface area contributed by atoms with Crippen LogP contribution in [-0.2, 0) is 18.4 Å². The molecule has 0 aromatic carbocycles. The molecule has 0 aliphatic rings. The number of carbonyl (C=O) groups excluding carboxylic acids is 1. The largest absolute Gasteiger partial charge is 0.471 e. The van der Waals surface area contributed by atoms with E-state index in [-0.39, 0.29) is 12.5 Å². The van der Waals surface area contributed by atoms with E-state index in [0.717, 1.165) is 39.2 Å². The predicted molar refractivity (Wildman–Crippen MR) is 96.9 cm³/mol. The quantitative estimate of drug-likeness (QED) is 0.291. The Morgan fingerprint density at radius 1 is 0.958 bits per heavy atom. The molecule has 0 heterocycles. The fourth-order valence-electron chi connectivity index (χ4n) is 2.37. The van der Waals surface area contributed by atoms with Gasteiger partial charge in [0, 0.05) is 20.1 Å². The maximum Gasteiger partial charge on any atom is 0.471 e. The van der Waals surface area contributed by atoms with Crippen LogP contribution in [0.5, 0.6) is 0 Å². The molecule has 0 aromatic heterocycles. The number of hydrogen-bond acceptors (Lipinski definition) is 4. The predicted octanol–water partition coefficient (Wildman–Crippen LogP) is 4.57. The fourth-order valence-corrected chi connectivity index (χ4v) is 2.84. The maximum absolute atomic E-state index is 11.7. The van der Waals surface area contributed by atoms with E-state index in [0.29, 0.717) is 19.4 Å². The van der Waals surface area contributed by atoms with Crippen LogP contribution in [0.15, 0.2) is 0 Å². The zero-order valence-corrected chi connectivity index (χ0v) is 16.3. The Bertz CT molecular complexity index is 352. The Kier molecular flexibility index (Phi) is 15.8. The van der Waals surface area contributed by atoms with Crippen molar-refractivity contribution >= 4 is 13.7 Å². The normalized spacial score (nSPS) is 13.6. The lowest BCUT2D eigenvalue weighted by Gasteiger charge is -2.08. The van der Waals surface area contributed by atoms with Crippen molar-refractivity contribution in [2.45, 2.75) is 84.0 Å². The summed E-state index contributed by atoms with van der Waals surface area (Å²) in [4.78, 5) is 20.7. The van der Waals surface area contributed by atoms with Crippen molar-refractivity contribution in [3.8, 4) is 0 Å². The van der Waals surface area contributed by atoms with Gasteiger partial charge in [-0.1, -0.05) is 58.3 Å². The van der Waals surface area contributed by atoms with Crippen molar-refractivity contribution in [1.29, 1.82) is 0 Å². The maximum atomic E-state index is 11.7. The summed E-state index contributed by atoms with van der Waals surface area (Å²) in [7, 11) is -2.68. The van der Waals surface area contributed by atoms with Gasteiger partial charge in [0.15, 0.2) is 0 Å². The Balaban J connectivity index is 3.27. The van der Waals surface area contributed by atoms with Crippen LogP contribution >= 0.6 is 7.82 Å². The third-order valence-electron chi connectivity index (χ3n) is 3.89. The molecule has 0 fully saturated rings. The lowest BCUT2D eigenvalue weighted by Crippen LogP contribution is -2.23. The lowest BCUT2D eigenvalue weighted by molar-refractivity contribution is -0.121. The summed E-state index contributed by atoms with van der Waals surface area (Å²) in [6.07, 6.45) is 12.7. The number of amides is 1. The molecule has 2 N–H and O–H groups in total. The number of nitrogens with one attached hydrogen (secondary N) is 1. The highest BCUT2D eigenvalue weighted by atomic mass is 31.2. The van der Waals surface area contributed by atoms with Crippen LogP contribution in [0.4, 0.5) is 0 Å². The molecular weight excluding hydrogens is 329 g/mol. The van der Waals surface area contributed by atoms with E-state index in [1.54, 1.807) is 0 Å². The van der Waals surface area contributed by atoms with Gasteiger partial charge in [-0.3, -0.25) is 13.8 Å². The van der Waals surface area contributed by atoms with Crippen LogP contribution in [-0.4, -0.2) is 31.1 Å². The van der Waals surface area contributed by atoms with Crippen LogP contribution in [0.2, 0.25) is 0 Å². The SMILES string of the molecule is CCCCCCCCCC(=O)NCCCCCCOP(=O)(O)OC. The minimum atomic E-state index is -3.83. The number of phosphoric acid groups is 1. The van der Waals surface area contributed by atoms with Crippen molar-refractivity contribution in [3.05, 3.63) is 0 Å². The lowest BCUT2D eigenvalue weighted by atomic mass is 10.1. The van der Waals surface area contributed by atoms with E-state index < -0.39 is 7.82 Å². The Morgan fingerprint density at radius 3 is 2.21 bits per heavy atom. The average Bonchev–Trinajstić information content (AvgIpc) is 2.56. The second-order valence-electron chi connectivity index (χ2n) is 6.12. The summed E-state index contributed by atoms with van der Waals surface area (Å²) in [6, 6.07) is 0. The van der Waals surface area contributed by atoms with Gasteiger partial charge in [-0.05, 0) is 19.3 Å². The molecule has 0 aromatic rings. The van der Waals surface area contributed by atoms with Crippen molar-refractivity contribution in [3.63, 3.8) is 0 Å². The van der Waals surface area contributed by atoms with Gasteiger partial charge in [0.1, 0.15) is 0 Å². The molecule has 144 valence electrons. The van der Waals surface area contributed by atoms with Gasteiger partial charge >= 0.3 is 7.82 Å². The zero-order valence-electron chi connectivity index (χ0n) is 15.4. The van der Waals surface area contributed by atoms with E-state index in [2.05, 4.69) is 16.8 Å². The number of carbonyl (C=O) groups is 1. The number of phosphoric ester groups is 1. The van der Waals surface area contributed by atoms with Crippen molar-refractivity contribution < 1.29 is 23.3 Å². The molecule has 0 saturated carbocycles. The van der Waals surface area contributed by atoms with Crippen LogP contribution < -0.4 is 5.32 Å². The van der Waals surface area contributed by atoms with Crippen LogP contribution in [0, 0.1) is 0 Å². The molecular formula is C17H36NO5P. The smallest absolute Gasteiger partial charge is 0.356 e. The van der Waals surface area contributed by atoms with Gasteiger partial charge in [0.2, 0.25) is 5.91 Å². The highest BCUT2D eigenvalue weighted by Crippen LogP contribution is 2.41. The monoisotopic (exact) mass is 365 g/mol. The van der Waals surface area contributed by atoms with E-state index in [1.807, 2.05) is 0 Å². The molecule has 1 amide bonds. The summed E-state index contributed by atoms with van der Waals surface area (Å²) >= 11 is 0. The first-order chi connectivity index (χ1) is 11.5. The molecule has 7 heteroatoms. The van der Waals surface area contributed by atoms with Gasteiger partial charge in [-0.2, -0.15) is 0 Å². The van der Waals surface area contributed by atoms with Crippen LogP contribution in [0.25, 0.3) is 0 Å². The van der Waals surface area contributed by atoms with Gasteiger partial charge in [0.05, 0.1) is 6.61 Å². The fraction of sp³-hybridized carbons (Fsp3) is 0.941. The van der Waals surface area contributed by atoms with Gasteiger partial charge in [0.25, 0.3) is 0 Å². The minimum absolute atomic E-state index is 0.146. The molecule has 0 radical (unpaired) electrons. The standard InChI is InChI=1S/C17H36NO5P/c1-3-4-5-6-7-8-11-14-17(19)18-15-12-9-10-13-16-23-24(20,21)22-2/h3-16H2,1-2H3,(H,18,19)(H,20,21). The number of rotatable bonds is 17. The molecule has 0 rings (SSSR count). The summed E-state index contributed by atoms with van der Waals surface area (Å²) < 4.78 is 20.1. The van der Waals surface area contributed by atoms with Crippen LogP contribution in [0.3, 0.4) is 0 Å². The number of hydrogen-bond donors (Lipinski definition) is 2. The molecule has 24 heavy (non-hydrogen) atoms. The molecule has 1 atom stereocenters. The number of unbranched alkanes of at least 4 members (excludes halogenated alkanes) is 9. The van der Waals surface area contributed by atoms with Gasteiger partial charge in [-0.25, -0.2) is 4.57 Å². The van der Waals surface area contributed by atoms with E-state index in [1.165, 1.54) is 32.1 Å². The third-order valence-corrected chi connectivity index (χ3v) is 4.86. The third kappa shape index (κ3) is 16.4. The highest BCUT2D eigenvalue weighted by molar-refractivity contribution is 7.47. The van der Waals surface area contributed by atoms with Gasteiger partial charge < -0.3 is 10.2 Å². The summed E-state index contributed by atoms with van der Waals surface area (Å²) in [5.74, 6) is 0.146. The molecule has 1 unspecified atom stereocenters. The van der Waals surface area contributed by atoms with Crippen LogP contribution in [0.1, 0.15) is 84.0 Å². The van der Waals surface area contributed by atoms with E-state index in [4.69, 9.17) is 9.42 Å². The Hall–Kier alpha value is -0.420. The van der Waals surface area contributed by atoms with Gasteiger partial charge in [-0.15, -0.1) is 0 Å². The Labute approximate surface area is 147 Å². The Morgan fingerprint density at radius 2 is 1.54 bits per heavy atom.